The van der Waals surface area contributed by atoms with E-state index in [2.05, 4.69) is 15.2 Å². The van der Waals surface area contributed by atoms with Crippen LogP contribution in [0.25, 0.3) is 0 Å². The van der Waals surface area contributed by atoms with Gasteiger partial charge in [0.1, 0.15) is 5.82 Å². The number of alkyl halides is 3. The van der Waals surface area contributed by atoms with Gasteiger partial charge in [0.15, 0.2) is 0 Å². The van der Waals surface area contributed by atoms with Crippen LogP contribution in [-0.2, 0) is 10.9 Å². The first-order valence-corrected chi connectivity index (χ1v) is 9.28. The van der Waals surface area contributed by atoms with Crippen LogP contribution in [0.4, 0.5) is 24.7 Å². The predicted octanol–water partition coefficient (Wildman–Crippen LogP) is 3.25. The van der Waals surface area contributed by atoms with E-state index in [0.717, 1.165) is 31.8 Å². The van der Waals surface area contributed by atoms with Crippen LogP contribution in [0.5, 0.6) is 0 Å². The first kappa shape index (κ1) is 21.1. The van der Waals surface area contributed by atoms with Crippen molar-refractivity contribution in [2.75, 3.05) is 51.8 Å². The normalized spacial score (nSPS) is 15.4. The molecule has 1 aliphatic heterocycles. The van der Waals surface area contributed by atoms with Gasteiger partial charge in [-0.3, -0.25) is 9.69 Å². The van der Waals surface area contributed by atoms with Crippen LogP contribution in [0, 0.1) is 0 Å². The fourth-order valence-electron chi connectivity index (χ4n) is 3.15. The number of halogens is 3. The number of anilines is 2. The molecule has 1 aromatic carbocycles. The van der Waals surface area contributed by atoms with Gasteiger partial charge in [0, 0.05) is 51.7 Å². The van der Waals surface area contributed by atoms with Crippen LogP contribution in [0.1, 0.15) is 15.9 Å². The zero-order valence-electron chi connectivity index (χ0n) is 16.1. The van der Waals surface area contributed by atoms with Crippen LogP contribution < -0.4 is 5.32 Å². The molecular formula is C20H23F3N4O2. The lowest BCUT2D eigenvalue weighted by atomic mass is 10.1. The molecule has 0 spiro atoms. The molecule has 1 fully saturated rings. The first-order valence-electron chi connectivity index (χ1n) is 9.28. The van der Waals surface area contributed by atoms with Crippen molar-refractivity contribution >= 4 is 17.4 Å². The molecule has 1 N–H and O–H groups in total. The van der Waals surface area contributed by atoms with Gasteiger partial charge >= 0.3 is 6.18 Å². The van der Waals surface area contributed by atoms with Crippen molar-refractivity contribution in [2.24, 2.45) is 0 Å². The third kappa shape index (κ3) is 5.45. The summed E-state index contributed by atoms with van der Waals surface area (Å²) in [6, 6.07) is 8.08. The quantitative estimate of drug-likeness (QED) is 0.795. The highest BCUT2D eigenvalue weighted by Gasteiger charge is 2.30. The molecule has 0 unspecified atom stereocenters. The molecule has 0 radical (unpaired) electrons. The number of carbonyl (C=O) groups is 1. The van der Waals surface area contributed by atoms with Crippen LogP contribution in [0.2, 0.25) is 0 Å². The topological polar surface area (TPSA) is 57.7 Å². The van der Waals surface area contributed by atoms with Crippen molar-refractivity contribution in [3.8, 4) is 0 Å². The smallest absolute Gasteiger partial charge is 0.383 e. The van der Waals surface area contributed by atoms with Gasteiger partial charge in [0.05, 0.1) is 17.7 Å². The fourth-order valence-corrected chi connectivity index (χ4v) is 3.15. The average molecular weight is 408 g/mol. The second kappa shape index (κ2) is 9.23. The van der Waals surface area contributed by atoms with Crippen molar-refractivity contribution < 1.29 is 22.7 Å². The number of benzene rings is 1. The maximum atomic E-state index is 13.0. The Morgan fingerprint density at radius 3 is 2.62 bits per heavy atom. The lowest BCUT2D eigenvalue weighted by Gasteiger charge is -2.34. The molecule has 3 rings (SSSR count). The number of pyridine rings is 1. The van der Waals surface area contributed by atoms with E-state index in [4.69, 9.17) is 4.74 Å². The van der Waals surface area contributed by atoms with E-state index in [0.29, 0.717) is 25.3 Å². The van der Waals surface area contributed by atoms with E-state index in [1.165, 1.54) is 18.3 Å². The Hall–Kier alpha value is -2.65. The molecule has 1 aliphatic rings. The van der Waals surface area contributed by atoms with Crippen LogP contribution in [0.3, 0.4) is 0 Å². The zero-order valence-corrected chi connectivity index (χ0v) is 16.1. The van der Waals surface area contributed by atoms with E-state index < -0.39 is 11.7 Å². The lowest BCUT2D eigenvalue weighted by Crippen LogP contribution is -2.49. The van der Waals surface area contributed by atoms with Crippen molar-refractivity contribution in [1.29, 1.82) is 0 Å². The number of hydrogen-bond acceptors (Lipinski definition) is 5. The third-order valence-electron chi connectivity index (χ3n) is 4.76. The summed E-state index contributed by atoms with van der Waals surface area (Å²) >= 11 is 0. The highest BCUT2D eigenvalue weighted by molar-refractivity contribution is 5.99. The van der Waals surface area contributed by atoms with Gasteiger partial charge in [-0.1, -0.05) is 6.07 Å². The van der Waals surface area contributed by atoms with Gasteiger partial charge in [-0.2, -0.15) is 13.2 Å². The molecule has 0 aliphatic carbocycles. The Labute approximate surface area is 167 Å². The molecule has 6 nitrogen and oxygen atoms in total. The van der Waals surface area contributed by atoms with Crippen molar-refractivity contribution in [1.82, 2.24) is 14.8 Å². The molecule has 0 bridgehead atoms. The van der Waals surface area contributed by atoms with Crippen LogP contribution >= 0.6 is 0 Å². The van der Waals surface area contributed by atoms with Crippen molar-refractivity contribution in [3.05, 3.63) is 53.7 Å². The summed E-state index contributed by atoms with van der Waals surface area (Å²) in [5.74, 6) is 0.0394. The summed E-state index contributed by atoms with van der Waals surface area (Å²) in [6.07, 6.45) is -2.95. The predicted molar refractivity (Wildman–Crippen MR) is 103 cm³/mol. The number of nitrogens with zero attached hydrogens (tertiary/aromatic N) is 3. The maximum absolute atomic E-state index is 13.0. The standard InChI is InChI=1S/C20H23F3N4O2/c1-29-13-12-26-8-10-27(11-9-26)19(28)17-6-3-7-24-18(17)25-16-5-2-4-15(14-16)20(21,22)23/h2-7,14H,8-13H2,1H3,(H,24,25). The van der Waals surface area contributed by atoms with Crippen LogP contribution in [-0.4, -0.2) is 67.1 Å². The van der Waals surface area contributed by atoms with E-state index in [9.17, 15) is 18.0 Å². The van der Waals surface area contributed by atoms with Gasteiger partial charge < -0.3 is 15.0 Å². The Balaban J connectivity index is 1.72. The van der Waals surface area contributed by atoms with E-state index in [-0.39, 0.29) is 17.4 Å². The molecule has 9 heteroatoms. The molecule has 1 saturated heterocycles. The second-order valence-corrected chi connectivity index (χ2v) is 6.73. The Kier molecular flexibility index (Phi) is 6.71. The number of piperazine rings is 1. The zero-order chi connectivity index (χ0) is 20.9. The van der Waals surface area contributed by atoms with Crippen molar-refractivity contribution in [3.63, 3.8) is 0 Å². The van der Waals surface area contributed by atoms with Gasteiger partial charge in [-0.05, 0) is 30.3 Å². The monoisotopic (exact) mass is 408 g/mol. The van der Waals surface area contributed by atoms with Gasteiger partial charge in [-0.15, -0.1) is 0 Å². The number of aromatic nitrogens is 1. The molecule has 2 heterocycles. The Morgan fingerprint density at radius 1 is 1.17 bits per heavy atom. The van der Waals surface area contributed by atoms with Crippen LogP contribution in [0.15, 0.2) is 42.6 Å². The highest BCUT2D eigenvalue weighted by atomic mass is 19.4. The number of rotatable bonds is 6. The molecular weight excluding hydrogens is 385 g/mol. The third-order valence-corrected chi connectivity index (χ3v) is 4.76. The summed E-state index contributed by atoms with van der Waals surface area (Å²) in [4.78, 5) is 21.1. The molecule has 156 valence electrons. The van der Waals surface area contributed by atoms with Gasteiger partial charge in [-0.25, -0.2) is 4.98 Å². The second-order valence-electron chi connectivity index (χ2n) is 6.73. The summed E-state index contributed by atoms with van der Waals surface area (Å²) in [7, 11) is 1.65. The lowest BCUT2D eigenvalue weighted by molar-refractivity contribution is -0.137. The first-order chi connectivity index (χ1) is 13.9. The highest BCUT2D eigenvalue weighted by Crippen LogP contribution is 2.31. The number of hydrogen-bond donors (Lipinski definition) is 1. The van der Waals surface area contributed by atoms with E-state index in [1.807, 2.05) is 0 Å². The number of amides is 1. The minimum Gasteiger partial charge on any atom is -0.383 e. The van der Waals surface area contributed by atoms with Gasteiger partial charge in [0.2, 0.25) is 0 Å². The SMILES string of the molecule is COCCN1CCN(C(=O)c2cccnc2Nc2cccc(C(F)(F)F)c2)CC1. The molecule has 2 aromatic rings. The average Bonchev–Trinajstić information content (AvgIpc) is 2.72. The van der Waals surface area contributed by atoms with Crippen molar-refractivity contribution in [2.45, 2.75) is 6.18 Å². The fraction of sp³-hybridized carbons (Fsp3) is 0.400. The number of ether oxygens (including phenoxy) is 1. The number of nitrogens with one attached hydrogen (secondary N) is 1. The summed E-state index contributed by atoms with van der Waals surface area (Å²) < 4.78 is 43.9. The minimum absolute atomic E-state index is 0.195. The van der Waals surface area contributed by atoms with E-state index in [1.54, 1.807) is 24.1 Å². The molecule has 1 amide bonds. The number of methoxy groups -OCH3 is 1. The minimum atomic E-state index is -4.44. The summed E-state index contributed by atoms with van der Waals surface area (Å²) in [6.45, 7) is 4.08. The van der Waals surface area contributed by atoms with E-state index >= 15 is 0 Å². The Morgan fingerprint density at radius 2 is 1.93 bits per heavy atom. The molecule has 0 saturated carbocycles. The molecule has 1 aromatic heterocycles. The largest absolute Gasteiger partial charge is 0.416 e. The summed E-state index contributed by atoms with van der Waals surface area (Å²) in [5.41, 5.74) is -0.217. The summed E-state index contributed by atoms with van der Waals surface area (Å²) in [5, 5.41) is 2.86. The van der Waals surface area contributed by atoms with Gasteiger partial charge in [0.25, 0.3) is 5.91 Å². The number of carbonyl (C=O) groups excluding carboxylic acids is 1. The maximum Gasteiger partial charge on any atom is 0.416 e. The molecule has 0 atom stereocenters. The Bertz CT molecular complexity index is 836. The molecule has 29 heavy (non-hydrogen) atoms.